The number of allylic oxidation sites excluding steroid dienone is 1. The molecule has 1 aliphatic heterocycles. The Labute approximate surface area is 296 Å². The molecule has 0 aromatic carbocycles. The van der Waals surface area contributed by atoms with E-state index in [0.29, 0.717) is 6.42 Å². The van der Waals surface area contributed by atoms with E-state index in [9.17, 15) is 33.6 Å². The van der Waals surface area contributed by atoms with Gasteiger partial charge in [-0.05, 0) is 19.3 Å². The molecule has 0 aliphatic carbocycles. The molecule has 0 radical (unpaired) electrons. The van der Waals surface area contributed by atoms with E-state index in [1.54, 1.807) is 6.08 Å². The first-order valence-electron chi connectivity index (χ1n) is 19.1. The van der Waals surface area contributed by atoms with Gasteiger partial charge in [-0.15, -0.1) is 0 Å². The molecule has 1 fully saturated rings. The molecular weight excluding hydrogens is 654 g/mol. The van der Waals surface area contributed by atoms with Gasteiger partial charge in [0, 0.05) is 6.42 Å². The molecule has 1 saturated heterocycles. The van der Waals surface area contributed by atoms with Crippen LogP contribution in [0.5, 0.6) is 0 Å². The molecule has 0 spiro atoms. The quantitative estimate of drug-likeness (QED) is 0.0294. The fraction of sp³-hybridized carbons (Fsp3) is 0.917. The number of nitrogens with one attached hydrogen (secondary N) is 1. The second-order valence-electron chi connectivity index (χ2n) is 13.5. The highest BCUT2D eigenvalue weighted by Gasteiger charge is 2.48. The number of carbonyl (C=O) groups excluding carboxylic acids is 1. The molecule has 12 nitrogen and oxygen atoms in total. The Bertz CT molecular complexity index is 951. The lowest BCUT2D eigenvalue weighted by Crippen LogP contribution is -2.61. The van der Waals surface area contributed by atoms with Crippen LogP contribution in [-0.4, -0.2) is 95.4 Å². The molecule has 0 bridgehead atoms. The third kappa shape index (κ3) is 22.4. The summed E-state index contributed by atoms with van der Waals surface area (Å²) >= 11 is 0. The molecule has 0 unspecified atom stereocenters. The lowest BCUT2D eigenvalue weighted by Gasteiger charge is -2.41. The van der Waals surface area contributed by atoms with E-state index >= 15 is 0 Å². The van der Waals surface area contributed by atoms with Crippen LogP contribution in [0, 0.1) is 0 Å². The lowest BCUT2D eigenvalue weighted by molar-refractivity contribution is -0.298. The van der Waals surface area contributed by atoms with Crippen molar-refractivity contribution in [3.63, 3.8) is 0 Å². The fourth-order valence-electron chi connectivity index (χ4n) is 6.04. The summed E-state index contributed by atoms with van der Waals surface area (Å²) in [5.74, 6) is -0.268. The summed E-state index contributed by atoms with van der Waals surface area (Å²) in [4.78, 5) is 12.9. The topological polar surface area (TPSA) is 192 Å². The van der Waals surface area contributed by atoms with Crippen LogP contribution in [0.1, 0.15) is 155 Å². The predicted octanol–water partition coefficient (Wildman–Crippen LogP) is 5.65. The largest absolute Gasteiger partial charge is 0.397 e. The molecule has 1 heterocycles. The second kappa shape index (κ2) is 28.4. The van der Waals surface area contributed by atoms with E-state index in [-0.39, 0.29) is 18.9 Å². The summed E-state index contributed by atoms with van der Waals surface area (Å²) in [6.07, 6.45) is 18.4. The number of ether oxygens (including phenoxy) is 2. The maximum absolute atomic E-state index is 12.9. The maximum Gasteiger partial charge on any atom is 0.397 e. The Morgan fingerprint density at radius 2 is 1.29 bits per heavy atom. The number of hydrogen-bond acceptors (Lipinski definition) is 10. The van der Waals surface area contributed by atoms with Crippen molar-refractivity contribution in [3.05, 3.63) is 12.2 Å². The third-order valence-corrected chi connectivity index (χ3v) is 9.53. The van der Waals surface area contributed by atoms with E-state index in [1.807, 2.05) is 6.08 Å². The molecule has 13 heteroatoms. The Morgan fingerprint density at radius 3 is 1.78 bits per heavy atom. The molecule has 0 saturated carbocycles. The zero-order chi connectivity index (χ0) is 36.3. The van der Waals surface area contributed by atoms with Crippen molar-refractivity contribution in [2.45, 2.75) is 198 Å². The molecule has 7 atom stereocenters. The number of carbonyl (C=O) groups is 1. The summed E-state index contributed by atoms with van der Waals surface area (Å²) in [6.45, 7) is 3.32. The van der Waals surface area contributed by atoms with Gasteiger partial charge in [-0.2, -0.15) is 8.42 Å². The first kappa shape index (κ1) is 45.9. The van der Waals surface area contributed by atoms with E-state index in [2.05, 4.69) is 23.3 Å². The summed E-state index contributed by atoms with van der Waals surface area (Å²) < 4.78 is 47.3. The minimum Gasteiger partial charge on any atom is -0.394 e. The number of rotatable bonds is 31. The van der Waals surface area contributed by atoms with Crippen LogP contribution in [0.3, 0.4) is 0 Å². The van der Waals surface area contributed by atoms with Gasteiger partial charge >= 0.3 is 10.4 Å². The summed E-state index contributed by atoms with van der Waals surface area (Å²) in [7, 11) is -5.07. The van der Waals surface area contributed by atoms with Crippen LogP contribution in [-0.2, 0) is 28.9 Å². The monoisotopic (exact) mass is 723 g/mol. The fourth-order valence-corrected chi connectivity index (χ4v) is 6.55. The van der Waals surface area contributed by atoms with Crippen LogP contribution >= 0.6 is 0 Å². The van der Waals surface area contributed by atoms with Gasteiger partial charge in [-0.25, -0.2) is 4.18 Å². The highest BCUT2D eigenvalue weighted by Crippen LogP contribution is 2.26. The van der Waals surface area contributed by atoms with Crippen LogP contribution in [0.4, 0.5) is 0 Å². The van der Waals surface area contributed by atoms with Gasteiger partial charge in [0.1, 0.15) is 24.4 Å². The Hall–Kier alpha value is -1.16. The van der Waals surface area contributed by atoms with Gasteiger partial charge in [0.15, 0.2) is 6.29 Å². The molecule has 0 aromatic heterocycles. The van der Waals surface area contributed by atoms with Gasteiger partial charge in [-0.3, -0.25) is 9.35 Å². The van der Waals surface area contributed by atoms with E-state index < -0.39 is 59.9 Å². The molecule has 1 aliphatic rings. The summed E-state index contributed by atoms with van der Waals surface area (Å²) in [5.41, 5.74) is 0. The van der Waals surface area contributed by atoms with Crippen LogP contribution in [0.2, 0.25) is 0 Å². The molecule has 0 aromatic rings. The first-order chi connectivity index (χ1) is 23.5. The van der Waals surface area contributed by atoms with Gasteiger partial charge in [-0.1, -0.05) is 142 Å². The van der Waals surface area contributed by atoms with Crippen LogP contribution in [0.15, 0.2) is 12.2 Å². The Kier molecular flexibility index (Phi) is 26.6. The van der Waals surface area contributed by atoms with Crippen molar-refractivity contribution >= 4 is 16.3 Å². The molecule has 290 valence electrons. The number of aliphatic hydroxyl groups is 4. The maximum atomic E-state index is 12.9. The van der Waals surface area contributed by atoms with Crippen molar-refractivity contribution in [1.29, 1.82) is 0 Å². The Balaban J connectivity index is 2.66. The summed E-state index contributed by atoms with van der Waals surface area (Å²) in [6, 6.07) is -0.934. The normalized spacial score (nSPS) is 22.8. The number of amides is 1. The predicted molar refractivity (Wildman–Crippen MR) is 190 cm³/mol. The van der Waals surface area contributed by atoms with Crippen molar-refractivity contribution in [2.75, 3.05) is 13.2 Å². The third-order valence-electron chi connectivity index (χ3n) is 9.07. The van der Waals surface area contributed by atoms with Gasteiger partial charge < -0.3 is 35.2 Å². The molecule has 1 rings (SSSR count). The average Bonchev–Trinajstić information content (AvgIpc) is 3.06. The van der Waals surface area contributed by atoms with Crippen LogP contribution < -0.4 is 5.32 Å². The second-order valence-corrected chi connectivity index (χ2v) is 14.6. The molecular formula is C36H69NO11S. The van der Waals surface area contributed by atoms with Crippen molar-refractivity contribution < 1.29 is 51.8 Å². The SMILES string of the molecule is CCCCCCCCCCCCCC=C[C@@H](O)[C@H](CO[C@@H]1O[C@H](CO)[C@H](O)[C@H](OS(=O)(=O)O)[C@H]1O)NC(=O)CCCCCCCCCCC. The van der Waals surface area contributed by atoms with Gasteiger partial charge in [0.2, 0.25) is 5.91 Å². The van der Waals surface area contributed by atoms with E-state index in [4.69, 9.17) is 14.0 Å². The number of hydrogen-bond donors (Lipinski definition) is 6. The first-order valence-corrected chi connectivity index (χ1v) is 20.4. The summed E-state index contributed by atoms with van der Waals surface area (Å²) in [5, 5.41) is 44.3. The van der Waals surface area contributed by atoms with Crippen molar-refractivity contribution in [1.82, 2.24) is 5.32 Å². The smallest absolute Gasteiger partial charge is 0.394 e. The Morgan fingerprint density at radius 1 is 0.796 bits per heavy atom. The van der Waals surface area contributed by atoms with Gasteiger partial charge in [0.25, 0.3) is 0 Å². The lowest BCUT2D eigenvalue weighted by atomic mass is 9.99. The van der Waals surface area contributed by atoms with Crippen molar-refractivity contribution in [2.24, 2.45) is 0 Å². The van der Waals surface area contributed by atoms with Gasteiger partial charge in [0.05, 0.1) is 25.4 Å². The number of aliphatic hydroxyl groups excluding tert-OH is 4. The highest BCUT2D eigenvalue weighted by molar-refractivity contribution is 7.80. The molecule has 49 heavy (non-hydrogen) atoms. The van der Waals surface area contributed by atoms with Crippen LogP contribution in [0.25, 0.3) is 0 Å². The van der Waals surface area contributed by atoms with E-state index in [1.165, 1.54) is 89.9 Å². The number of unbranched alkanes of at least 4 members (excludes halogenated alkanes) is 19. The molecule has 1 amide bonds. The zero-order valence-corrected chi connectivity index (χ0v) is 31.1. The minimum absolute atomic E-state index is 0.268. The highest BCUT2D eigenvalue weighted by atomic mass is 32.3. The minimum atomic E-state index is -5.07. The molecule has 6 N–H and O–H groups in total. The zero-order valence-electron chi connectivity index (χ0n) is 30.3. The van der Waals surface area contributed by atoms with E-state index in [0.717, 1.165) is 38.5 Å². The average molecular weight is 724 g/mol. The van der Waals surface area contributed by atoms with Crippen molar-refractivity contribution in [3.8, 4) is 0 Å². The standard InChI is InChI=1S/C36H69NO11S/c1-3-5-7-9-11-13-14-15-16-18-19-21-23-25-30(39)29(37-32(40)26-24-22-20-17-12-10-8-6-4-2)28-46-36-34(42)35(48-49(43,44)45)33(41)31(27-38)47-36/h23,25,29-31,33-36,38-39,41-42H,3-22,24,26-28H2,1-2H3,(H,37,40)(H,43,44,45)/t29-,30+,31+,33-,34+,35-,36+/m0/s1.